The maximum atomic E-state index is 5.90. The highest BCUT2D eigenvalue weighted by molar-refractivity contribution is 5.39. The van der Waals surface area contributed by atoms with Crippen molar-refractivity contribution in [2.24, 2.45) is 5.92 Å². The van der Waals surface area contributed by atoms with Gasteiger partial charge in [0.15, 0.2) is 0 Å². The van der Waals surface area contributed by atoms with Crippen molar-refractivity contribution in [1.29, 1.82) is 0 Å². The fourth-order valence-corrected chi connectivity index (χ4v) is 2.90. The minimum atomic E-state index is 0.583. The molecule has 2 aromatic heterocycles. The van der Waals surface area contributed by atoms with Gasteiger partial charge in [0.2, 0.25) is 5.88 Å². The first-order valence-electron chi connectivity index (χ1n) is 8.36. The molecule has 1 aliphatic heterocycles. The van der Waals surface area contributed by atoms with E-state index < -0.39 is 0 Å². The fraction of sp³-hybridized carbons (Fsp3) is 0.500. The van der Waals surface area contributed by atoms with E-state index in [0.717, 1.165) is 61.9 Å². The van der Waals surface area contributed by atoms with Crippen LogP contribution < -0.4 is 9.64 Å². The summed E-state index contributed by atoms with van der Waals surface area (Å²) in [5, 5.41) is 0. The number of pyridine rings is 1. The molecule has 1 saturated heterocycles. The topological polar surface area (TPSA) is 51.1 Å². The smallest absolute Gasteiger partial charge is 0.216 e. The van der Waals surface area contributed by atoms with Crippen LogP contribution in [0.5, 0.6) is 5.88 Å². The first-order chi connectivity index (χ1) is 11.3. The van der Waals surface area contributed by atoms with Crippen LogP contribution in [-0.4, -0.2) is 34.6 Å². The molecule has 0 atom stereocenters. The molecule has 0 saturated carbocycles. The molecular formula is C18H24N4O. The Morgan fingerprint density at radius 1 is 1.22 bits per heavy atom. The van der Waals surface area contributed by atoms with Crippen LogP contribution in [0.1, 0.15) is 31.0 Å². The highest BCUT2D eigenvalue weighted by atomic mass is 16.5. The molecule has 0 aromatic carbocycles. The monoisotopic (exact) mass is 312 g/mol. The van der Waals surface area contributed by atoms with E-state index in [9.17, 15) is 0 Å². The van der Waals surface area contributed by atoms with Gasteiger partial charge in [0, 0.05) is 36.6 Å². The summed E-state index contributed by atoms with van der Waals surface area (Å²) >= 11 is 0. The van der Waals surface area contributed by atoms with Crippen molar-refractivity contribution in [3.05, 3.63) is 42.0 Å². The largest absolute Gasteiger partial charge is 0.477 e. The Bertz CT molecular complexity index is 638. The van der Waals surface area contributed by atoms with Crippen LogP contribution in [0.2, 0.25) is 0 Å². The van der Waals surface area contributed by atoms with Crippen LogP contribution in [0.15, 0.2) is 30.7 Å². The van der Waals surface area contributed by atoms with E-state index in [1.54, 1.807) is 12.5 Å². The molecule has 0 radical (unpaired) electrons. The lowest BCUT2D eigenvalue weighted by Crippen LogP contribution is -2.36. The SMILES string of the molecule is CCc1cc(N2CCC(COc3ncccc3C)CC2)ncn1. The van der Waals surface area contributed by atoms with Crippen molar-refractivity contribution in [1.82, 2.24) is 15.0 Å². The number of aryl methyl sites for hydroxylation is 2. The second-order valence-corrected chi connectivity index (χ2v) is 6.09. The van der Waals surface area contributed by atoms with Gasteiger partial charge in [-0.15, -0.1) is 0 Å². The van der Waals surface area contributed by atoms with Crippen LogP contribution in [0.3, 0.4) is 0 Å². The van der Waals surface area contributed by atoms with Gasteiger partial charge in [0.05, 0.1) is 6.61 Å². The van der Waals surface area contributed by atoms with Gasteiger partial charge >= 0.3 is 0 Å². The molecule has 3 heterocycles. The van der Waals surface area contributed by atoms with Crippen molar-refractivity contribution in [2.45, 2.75) is 33.1 Å². The van der Waals surface area contributed by atoms with Gasteiger partial charge in [0.25, 0.3) is 0 Å². The van der Waals surface area contributed by atoms with Gasteiger partial charge in [-0.1, -0.05) is 13.0 Å². The van der Waals surface area contributed by atoms with Crippen LogP contribution >= 0.6 is 0 Å². The van der Waals surface area contributed by atoms with Gasteiger partial charge in [-0.2, -0.15) is 0 Å². The highest BCUT2D eigenvalue weighted by Gasteiger charge is 2.21. The van der Waals surface area contributed by atoms with Crippen molar-refractivity contribution >= 4 is 5.82 Å². The molecule has 122 valence electrons. The Morgan fingerprint density at radius 2 is 2.04 bits per heavy atom. The lowest BCUT2D eigenvalue weighted by Gasteiger charge is -2.32. The maximum Gasteiger partial charge on any atom is 0.216 e. The van der Waals surface area contributed by atoms with Crippen LogP contribution in [-0.2, 0) is 6.42 Å². The van der Waals surface area contributed by atoms with Crippen LogP contribution in [0.4, 0.5) is 5.82 Å². The first kappa shape index (κ1) is 15.7. The molecule has 5 heteroatoms. The summed E-state index contributed by atoms with van der Waals surface area (Å²) in [5.74, 6) is 2.40. The number of hydrogen-bond donors (Lipinski definition) is 0. The number of hydrogen-bond acceptors (Lipinski definition) is 5. The third-order valence-electron chi connectivity index (χ3n) is 4.43. The standard InChI is InChI=1S/C18H24N4O/c1-3-16-11-17(21-13-20-16)22-9-6-15(7-10-22)12-23-18-14(2)5-4-8-19-18/h4-5,8,11,13,15H,3,6-7,9-10,12H2,1-2H3. The highest BCUT2D eigenvalue weighted by Crippen LogP contribution is 2.23. The lowest BCUT2D eigenvalue weighted by atomic mass is 9.98. The predicted octanol–water partition coefficient (Wildman–Crippen LogP) is 3.04. The normalized spacial score (nSPS) is 15.7. The number of aromatic nitrogens is 3. The van der Waals surface area contributed by atoms with E-state index in [0.29, 0.717) is 5.92 Å². The third-order valence-corrected chi connectivity index (χ3v) is 4.43. The van der Waals surface area contributed by atoms with E-state index in [4.69, 9.17) is 4.74 Å². The molecule has 0 spiro atoms. The molecule has 5 nitrogen and oxygen atoms in total. The summed E-state index contributed by atoms with van der Waals surface area (Å²) in [7, 11) is 0. The Labute approximate surface area is 137 Å². The molecule has 0 N–H and O–H groups in total. The zero-order valence-electron chi connectivity index (χ0n) is 13.9. The third kappa shape index (κ3) is 3.97. The molecule has 0 aliphatic carbocycles. The van der Waals surface area contributed by atoms with E-state index in [1.807, 2.05) is 19.1 Å². The summed E-state index contributed by atoms with van der Waals surface area (Å²) in [6.07, 6.45) is 6.65. The van der Waals surface area contributed by atoms with Gasteiger partial charge in [-0.3, -0.25) is 0 Å². The van der Waals surface area contributed by atoms with E-state index >= 15 is 0 Å². The summed E-state index contributed by atoms with van der Waals surface area (Å²) in [6.45, 7) is 6.95. The predicted molar refractivity (Wildman–Crippen MR) is 90.8 cm³/mol. The van der Waals surface area contributed by atoms with Crippen molar-refractivity contribution in [2.75, 3.05) is 24.6 Å². The van der Waals surface area contributed by atoms with Gasteiger partial charge < -0.3 is 9.64 Å². The summed E-state index contributed by atoms with van der Waals surface area (Å²) in [5.41, 5.74) is 2.20. The van der Waals surface area contributed by atoms with E-state index in [-0.39, 0.29) is 0 Å². The maximum absolute atomic E-state index is 5.90. The zero-order chi connectivity index (χ0) is 16.1. The van der Waals surface area contributed by atoms with E-state index in [2.05, 4.69) is 32.8 Å². The zero-order valence-corrected chi connectivity index (χ0v) is 13.9. The Morgan fingerprint density at radius 3 is 2.78 bits per heavy atom. The molecule has 0 amide bonds. The molecule has 3 rings (SSSR count). The van der Waals surface area contributed by atoms with Crippen LogP contribution in [0, 0.1) is 12.8 Å². The van der Waals surface area contributed by atoms with Gasteiger partial charge in [-0.05, 0) is 38.2 Å². The van der Waals surface area contributed by atoms with Gasteiger partial charge in [0.1, 0.15) is 12.1 Å². The number of nitrogens with zero attached hydrogens (tertiary/aromatic N) is 4. The Kier molecular flexibility index (Phi) is 5.05. The van der Waals surface area contributed by atoms with Crippen molar-refractivity contribution in [3.8, 4) is 5.88 Å². The van der Waals surface area contributed by atoms with Gasteiger partial charge in [-0.25, -0.2) is 15.0 Å². The van der Waals surface area contributed by atoms with Crippen LogP contribution in [0.25, 0.3) is 0 Å². The quantitative estimate of drug-likeness (QED) is 0.849. The molecule has 23 heavy (non-hydrogen) atoms. The van der Waals surface area contributed by atoms with Crippen molar-refractivity contribution < 1.29 is 4.74 Å². The molecule has 0 unspecified atom stereocenters. The molecule has 2 aromatic rings. The number of rotatable bonds is 5. The minimum absolute atomic E-state index is 0.583. The molecule has 1 fully saturated rings. The van der Waals surface area contributed by atoms with E-state index in [1.165, 1.54) is 0 Å². The summed E-state index contributed by atoms with van der Waals surface area (Å²) in [4.78, 5) is 15.3. The number of ether oxygens (including phenoxy) is 1. The molecule has 0 bridgehead atoms. The second-order valence-electron chi connectivity index (χ2n) is 6.09. The lowest BCUT2D eigenvalue weighted by molar-refractivity contribution is 0.214. The Hall–Kier alpha value is -2.17. The number of piperidine rings is 1. The summed E-state index contributed by atoms with van der Waals surface area (Å²) < 4.78 is 5.90. The molecular weight excluding hydrogens is 288 g/mol. The second kappa shape index (κ2) is 7.40. The fourth-order valence-electron chi connectivity index (χ4n) is 2.90. The Balaban J connectivity index is 1.51. The van der Waals surface area contributed by atoms with Crippen molar-refractivity contribution in [3.63, 3.8) is 0 Å². The first-order valence-corrected chi connectivity index (χ1v) is 8.36. The minimum Gasteiger partial charge on any atom is -0.477 e. The average molecular weight is 312 g/mol. The number of anilines is 1. The average Bonchev–Trinajstić information content (AvgIpc) is 2.61. The summed E-state index contributed by atoms with van der Waals surface area (Å²) in [6, 6.07) is 6.08. The molecule has 1 aliphatic rings.